The fraction of sp³-hybridized carbons (Fsp3) is 0.400. The highest BCUT2D eigenvalue weighted by Gasteiger charge is 2.06. The third kappa shape index (κ3) is 4.19. The van der Waals surface area contributed by atoms with Gasteiger partial charge in [-0.15, -0.1) is 0 Å². The molecule has 0 bridgehead atoms. The molecule has 1 aromatic carbocycles. The van der Waals surface area contributed by atoms with Crippen molar-refractivity contribution in [2.24, 2.45) is 0 Å². The van der Waals surface area contributed by atoms with E-state index in [1.807, 2.05) is 31.2 Å². The van der Waals surface area contributed by atoms with E-state index in [9.17, 15) is 4.79 Å². The molecule has 0 aliphatic carbocycles. The highest BCUT2D eigenvalue weighted by molar-refractivity contribution is 5.75. The number of nitrogens with one attached hydrogen (secondary N) is 1. The van der Waals surface area contributed by atoms with Gasteiger partial charge in [-0.25, -0.2) is 0 Å². The summed E-state index contributed by atoms with van der Waals surface area (Å²) in [6, 6.07) is 8.04. The molecule has 1 N–H and O–H groups in total. The van der Waals surface area contributed by atoms with E-state index in [1.54, 1.807) is 6.92 Å². The molecular weight excluding hydrogens is 254 g/mol. The van der Waals surface area contributed by atoms with Crippen molar-refractivity contribution in [2.75, 3.05) is 0 Å². The van der Waals surface area contributed by atoms with Crippen LogP contribution in [0, 0.1) is 13.8 Å². The average Bonchev–Trinajstić information content (AvgIpc) is 2.83. The number of nitrogens with zero attached hydrogens (tertiary/aromatic N) is 2. The van der Waals surface area contributed by atoms with Gasteiger partial charge >= 0.3 is 0 Å². The lowest BCUT2D eigenvalue weighted by molar-refractivity contribution is -0.121. The second-order valence-electron chi connectivity index (χ2n) is 4.79. The molecule has 0 radical (unpaired) electrons. The van der Waals surface area contributed by atoms with E-state index >= 15 is 0 Å². The minimum atomic E-state index is 0.0458. The van der Waals surface area contributed by atoms with Crippen molar-refractivity contribution in [1.82, 2.24) is 15.5 Å². The van der Waals surface area contributed by atoms with Gasteiger partial charge in [-0.1, -0.05) is 29.4 Å². The molecular formula is C15H19N3O2. The molecule has 5 heteroatoms. The normalized spacial score (nSPS) is 10.5. The van der Waals surface area contributed by atoms with Gasteiger partial charge in [0.25, 0.3) is 0 Å². The van der Waals surface area contributed by atoms with E-state index in [-0.39, 0.29) is 5.91 Å². The van der Waals surface area contributed by atoms with E-state index in [1.165, 1.54) is 5.56 Å². The highest BCUT2D eigenvalue weighted by Crippen LogP contribution is 2.07. The Morgan fingerprint density at radius 3 is 2.80 bits per heavy atom. The number of amides is 1. The fourth-order valence-corrected chi connectivity index (χ4v) is 1.93. The Morgan fingerprint density at radius 1 is 1.30 bits per heavy atom. The van der Waals surface area contributed by atoms with E-state index in [0.717, 1.165) is 5.56 Å². The molecule has 0 unspecified atom stereocenters. The van der Waals surface area contributed by atoms with Crippen LogP contribution in [-0.4, -0.2) is 16.0 Å². The molecule has 0 saturated carbocycles. The predicted octanol–water partition coefficient (Wildman–Crippen LogP) is 2.33. The summed E-state index contributed by atoms with van der Waals surface area (Å²) in [4.78, 5) is 15.8. The van der Waals surface area contributed by atoms with Gasteiger partial charge in [-0.2, -0.15) is 4.98 Å². The van der Waals surface area contributed by atoms with E-state index in [0.29, 0.717) is 37.5 Å². The SMILES string of the molecule is Cc1noc(CCCC(=O)NCc2ccccc2C)n1. The third-order valence-electron chi connectivity index (χ3n) is 3.10. The lowest BCUT2D eigenvalue weighted by atomic mass is 10.1. The van der Waals surface area contributed by atoms with Crippen LogP contribution in [0.1, 0.15) is 35.7 Å². The Morgan fingerprint density at radius 2 is 2.10 bits per heavy atom. The molecule has 2 aromatic rings. The zero-order valence-corrected chi connectivity index (χ0v) is 11.8. The quantitative estimate of drug-likeness (QED) is 0.877. The Balaban J connectivity index is 1.69. The van der Waals surface area contributed by atoms with E-state index < -0.39 is 0 Å². The van der Waals surface area contributed by atoms with Gasteiger partial charge in [0.05, 0.1) is 0 Å². The summed E-state index contributed by atoms with van der Waals surface area (Å²) >= 11 is 0. The van der Waals surface area contributed by atoms with Gasteiger partial charge in [0.15, 0.2) is 5.82 Å². The molecule has 5 nitrogen and oxygen atoms in total. The molecule has 0 saturated heterocycles. The molecule has 1 aromatic heterocycles. The van der Waals surface area contributed by atoms with Gasteiger partial charge in [-0.05, 0) is 31.4 Å². The van der Waals surface area contributed by atoms with Crippen LogP contribution >= 0.6 is 0 Å². The molecule has 0 aliphatic rings. The Labute approximate surface area is 118 Å². The topological polar surface area (TPSA) is 68.0 Å². The van der Waals surface area contributed by atoms with Crippen molar-refractivity contribution in [3.05, 3.63) is 47.1 Å². The Kier molecular flexibility index (Phi) is 4.87. The number of carbonyl (C=O) groups is 1. The van der Waals surface area contributed by atoms with Gasteiger partial charge in [0.1, 0.15) is 0 Å². The molecule has 106 valence electrons. The van der Waals surface area contributed by atoms with Crippen LogP contribution in [0.15, 0.2) is 28.8 Å². The summed E-state index contributed by atoms with van der Waals surface area (Å²) in [5.41, 5.74) is 2.34. The predicted molar refractivity (Wildman–Crippen MR) is 75.0 cm³/mol. The lowest BCUT2D eigenvalue weighted by Crippen LogP contribution is -2.22. The second kappa shape index (κ2) is 6.84. The van der Waals surface area contributed by atoms with E-state index in [4.69, 9.17) is 4.52 Å². The number of carbonyl (C=O) groups excluding carboxylic acids is 1. The van der Waals surface area contributed by atoms with Gasteiger partial charge in [-0.3, -0.25) is 4.79 Å². The zero-order valence-electron chi connectivity index (χ0n) is 11.8. The first-order chi connectivity index (χ1) is 9.65. The summed E-state index contributed by atoms with van der Waals surface area (Å²) < 4.78 is 5.00. The maximum atomic E-state index is 11.7. The van der Waals surface area contributed by atoms with Crippen molar-refractivity contribution in [3.8, 4) is 0 Å². The molecule has 0 atom stereocenters. The number of benzene rings is 1. The molecule has 1 heterocycles. The number of hydrogen-bond donors (Lipinski definition) is 1. The summed E-state index contributed by atoms with van der Waals surface area (Å²) in [6.07, 6.45) is 1.81. The van der Waals surface area contributed by atoms with Gasteiger partial charge in [0.2, 0.25) is 11.8 Å². The zero-order chi connectivity index (χ0) is 14.4. The average molecular weight is 273 g/mol. The van der Waals surface area contributed by atoms with Crippen LogP contribution in [0.4, 0.5) is 0 Å². The third-order valence-corrected chi connectivity index (χ3v) is 3.10. The first-order valence-electron chi connectivity index (χ1n) is 6.75. The number of aromatic nitrogens is 2. The Bertz CT molecular complexity index is 578. The summed E-state index contributed by atoms with van der Waals surface area (Å²) in [5.74, 6) is 1.27. The smallest absolute Gasteiger partial charge is 0.226 e. The van der Waals surface area contributed by atoms with Crippen LogP contribution in [-0.2, 0) is 17.8 Å². The lowest BCUT2D eigenvalue weighted by Gasteiger charge is -2.07. The van der Waals surface area contributed by atoms with Crippen molar-refractivity contribution in [3.63, 3.8) is 0 Å². The van der Waals surface area contributed by atoms with E-state index in [2.05, 4.69) is 15.5 Å². The Hall–Kier alpha value is -2.17. The number of aryl methyl sites for hydroxylation is 3. The van der Waals surface area contributed by atoms with Gasteiger partial charge in [0, 0.05) is 19.4 Å². The maximum Gasteiger partial charge on any atom is 0.226 e. The largest absolute Gasteiger partial charge is 0.352 e. The van der Waals surface area contributed by atoms with Crippen molar-refractivity contribution < 1.29 is 9.32 Å². The van der Waals surface area contributed by atoms with Gasteiger partial charge < -0.3 is 9.84 Å². The molecule has 20 heavy (non-hydrogen) atoms. The first kappa shape index (κ1) is 14.2. The van der Waals surface area contributed by atoms with Crippen LogP contribution in [0.3, 0.4) is 0 Å². The van der Waals surface area contributed by atoms with Crippen LogP contribution in [0.25, 0.3) is 0 Å². The van der Waals surface area contributed by atoms with Crippen molar-refractivity contribution >= 4 is 5.91 Å². The summed E-state index contributed by atoms with van der Waals surface area (Å²) in [5, 5.41) is 6.64. The molecule has 2 rings (SSSR count). The minimum Gasteiger partial charge on any atom is -0.352 e. The standard InChI is InChI=1S/C15H19N3O2/c1-11-6-3-4-7-13(11)10-16-14(19)8-5-9-15-17-12(2)18-20-15/h3-4,6-7H,5,8-10H2,1-2H3,(H,16,19). The summed E-state index contributed by atoms with van der Waals surface area (Å²) in [6.45, 7) is 4.40. The second-order valence-corrected chi connectivity index (χ2v) is 4.79. The summed E-state index contributed by atoms with van der Waals surface area (Å²) in [7, 11) is 0. The van der Waals surface area contributed by atoms with Crippen LogP contribution in [0.2, 0.25) is 0 Å². The number of rotatable bonds is 6. The number of hydrogen-bond acceptors (Lipinski definition) is 4. The molecule has 1 amide bonds. The maximum absolute atomic E-state index is 11.7. The molecule has 0 fully saturated rings. The van der Waals surface area contributed by atoms with Crippen molar-refractivity contribution in [2.45, 2.75) is 39.7 Å². The highest BCUT2D eigenvalue weighted by atomic mass is 16.5. The minimum absolute atomic E-state index is 0.0458. The van der Waals surface area contributed by atoms with Crippen LogP contribution in [0.5, 0.6) is 0 Å². The molecule has 0 aliphatic heterocycles. The van der Waals surface area contributed by atoms with Crippen molar-refractivity contribution in [1.29, 1.82) is 0 Å². The molecule has 0 spiro atoms. The fourth-order valence-electron chi connectivity index (χ4n) is 1.93. The van der Waals surface area contributed by atoms with Crippen LogP contribution < -0.4 is 5.32 Å². The first-order valence-corrected chi connectivity index (χ1v) is 6.75. The monoisotopic (exact) mass is 273 g/mol.